The summed E-state index contributed by atoms with van der Waals surface area (Å²) in [6, 6.07) is 10.3. The third-order valence-corrected chi connectivity index (χ3v) is 3.63. The summed E-state index contributed by atoms with van der Waals surface area (Å²) in [7, 11) is 0. The van der Waals surface area contributed by atoms with E-state index in [1.165, 1.54) is 0 Å². The van der Waals surface area contributed by atoms with Crippen LogP contribution >= 0.6 is 0 Å². The molecular weight excluding hydrogens is 304 g/mol. The molecule has 3 N–H and O–H groups in total. The average molecular weight is 322 g/mol. The van der Waals surface area contributed by atoms with Gasteiger partial charge >= 0.3 is 0 Å². The SMILES string of the molecule is CC(C)C(=O)c1cn2cc(NC(=O)c3cccc(N)c3)ccc2n1. The minimum atomic E-state index is -0.250. The fourth-order valence-corrected chi connectivity index (χ4v) is 2.36. The summed E-state index contributed by atoms with van der Waals surface area (Å²) in [6.45, 7) is 3.67. The molecule has 122 valence electrons. The number of nitrogens with one attached hydrogen (secondary N) is 1. The predicted molar refractivity (Wildman–Crippen MR) is 93.2 cm³/mol. The number of carbonyl (C=O) groups is 2. The first-order valence-electron chi connectivity index (χ1n) is 7.64. The lowest BCUT2D eigenvalue weighted by molar-refractivity contribution is 0.0934. The Labute approximate surface area is 139 Å². The minimum Gasteiger partial charge on any atom is -0.399 e. The fourth-order valence-electron chi connectivity index (χ4n) is 2.36. The van der Waals surface area contributed by atoms with E-state index >= 15 is 0 Å². The van der Waals surface area contributed by atoms with Crippen molar-refractivity contribution in [3.8, 4) is 0 Å². The monoisotopic (exact) mass is 322 g/mol. The van der Waals surface area contributed by atoms with Crippen LogP contribution < -0.4 is 11.1 Å². The fraction of sp³-hybridized carbons (Fsp3) is 0.167. The summed E-state index contributed by atoms with van der Waals surface area (Å²) >= 11 is 0. The number of nitrogens with two attached hydrogens (primary N) is 1. The quantitative estimate of drug-likeness (QED) is 0.571. The zero-order valence-electron chi connectivity index (χ0n) is 13.5. The van der Waals surface area contributed by atoms with E-state index in [9.17, 15) is 9.59 Å². The van der Waals surface area contributed by atoms with Crippen LogP contribution in [-0.2, 0) is 0 Å². The van der Waals surface area contributed by atoms with Crippen molar-refractivity contribution < 1.29 is 9.59 Å². The van der Waals surface area contributed by atoms with Crippen molar-refractivity contribution in [2.24, 2.45) is 5.92 Å². The summed E-state index contributed by atoms with van der Waals surface area (Å²) in [6.07, 6.45) is 3.40. The number of aromatic nitrogens is 2. The molecule has 6 nitrogen and oxygen atoms in total. The van der Waals surface area contributed by atoms with Gasteiger partial charge in [-0.3, -0.25) is 9.59 Å². The van der Waals surface area contributed by atoms with Crippen LogP contribution in [-0.4, -0.2) is 21.1 Å². The molecule has 1 amide bonds. The third kappa shape index (κ3) is 3.12. The highest BCUT2D eigenvalue weighted by Gasteiger charge is 2.14. The number of imidazole rings is 1. The maximum absolute atomic E-state index is 12.3. The number of Topliss-reactive ketones (excluding diaryl/α,β-unsaturated/α-hetero) is 1. The molecule has 0 bridgehead atoms. The lowest BCUT2D eigenvalue weighted by Gasteiger charge is -2.06. The van der Waals surface area contributed by atoms with Gasteiger partial charge in [0.2, 0.25) is 0 Å². The normalized spacial score (nSPS) is 11.0. The van der Waals surface area contributed by atoms with Gasteiger partial charge in [-0.15, -0.1) is 0 Å². The molecular formula is C18H18N4O2. The van der Waals surface area contributed by atoms with Crippen LogP contribution in [0.25, 0.3) is 5.65 Å². The van der Waals surface area contributed by atoms with Crippen molar-refractivity contribution in [2.45, 2.75) is 13.8 Å². The van der Waals surface area contributed by atoms with Crippen molar-refractivity contribution in [3.63, 3.8) is 0 Å². The standard InChI is InChI=1S/C18H18N4O2/c1-11(2)17(23)15-10-22-9-14(6-7-16(22)21-15)20-18(24)12-4-3-5-13(19)8-12/h3-11H,19H2,1-2H3,(H,20,24). The van der Waals surface area contributed by atoms with E-state index < -0.39 is 0 Å². The van der Waals surface area contributed by atoms with Gasteiger partial charge in [-0.25, -0.2) is 4.98 Å². The van der Waals surface area contributed by atoms with Gasteiger partial charge in [0.1, 0.15) is 11.3 Å². The molecule has 0 saturated heterocycles. The Kier molecular flexibility index (Phi) is 4.04. The van der Waals surface area contributed by atoms with Gasteiger partial charge in [-0.1, -0.05) is 19.9 Å². The van der Waals surface area contributed by atoms with Gasteiger partial charge in [0.15, 0.2) is 5.78 Å². The van der Waals surface area contributed by atoms with Crippen molar-refractivity contribution >= 4 is 28.7 Å². The van der Waals surface area contributed by atoms with Crippen LogP contribution in [0.1, 0.15) is 34.7 Å². The number of nitrogens with zero attached hydrogens (tertiary/aromatic N) is 2. The second-order valence-electron chi connectivity index (χ2n) is 5.91. The molecule has 0 saturated carbocycles. The third-order valence-electron chi connectivity index (χ3n) is 3.63. The van der Waals surface area contributed by atoms with Crippen molar-refractivity contribution in [1.29, 1.82) is 0 Å². The van der Waals surface area contributed by atoms with Crippen LogP contribution in [0.4, 0.5) is 11.4 Å². The van der Waals surface area contributed by atoms with Crippen LogP contribution in [0.3, 0.4) is 0 Å². The number of benzene rings is 1. The van der Waals surface area contributed by atoms with Gasteiger partial charge < -0.3 is 15.5 Å². The van der Waals surface area contributed by atoms with E-state index in [-0.39, 0.29) is 17.6 Å². The van der Waals surface area contributed by atoms with Gasteiger partial charge in [-0.05, 0) is 30.3 Å². The molecule has 0 aliphatic heterocycles. The van der Waals surface area contributed by atoms with E-state index in [2.05, 4.69) is 10.3 Å². The Bertz CT molecular complexity index is 928. The predicted octanol–water partition coefficient (Wildman–Crippen LogP) is 3.01. The molecule has 2 heterocycles. The average Bonchev–Trinajstić information content (AvgIpc) is 2.97. The molecule has 0 fully saturated rings. The lowest BCUT2D eigenvalue weighted by atomic mass is 10.1. The number of carbonyl (C=O) groups excluding carboxylic acids is 2. The smallest absolute Gasteiger partial charge is 0.255 e. The maximum Gasteiger partial charge on any atom is 0.255 e. The number of nitrogen functional groups attached to an aromatic ring is 1. The first-order chi connectivity index (χ1) is 11.4. The Hall–Kier alpha value is -3.15. The van der Waals surface area contributed by atoms with Crippen LogP contribution in [0.5, 0.6) is 0 Å². The molecule has 3 aromatic rings. The van der Waals surface area contributed by atoms with Crippen molar-refractivity contribution in [3.05, 3.63) is 60.0 Å². The number of rotatable bonds is 4. The largest absolute Gasteiger partial charge is 0.399 e. The molecule has 0 radical (unpaired) electrons. The number of ketones is 1. The van der Waals surface area contributed by atoms with E-state index in [0.29, 0.717) is 28.3 Å². The zero-order valence-corrected chi connectivity index (χ0v) is 13.5. The molecule has 1 aromatic carbocycles. The van der Waals surface area contributed by atoms with Crippen molar-refractivity contribution in [1.82, 2.24) is 9.38 Å². The molecule has 6 heteroatoms. The van der Waals surface area contributed by atoms with Gasteiger partial charge in [0.25, 0.3) is 5.91 Å². The molecule has 0 unspecified atom stereocenters. The molecule has 2 aromatic heterocycles. The summed E-state index contributed by atoms with van der Waals surface area (Å²) in [5.74, 6) is -0.373. The van der Waals surface area contributed by atoms with E-state index in [0.717, 1.165) is 0 Å². The second kappa shape index (κ2) is 6.16. The Morgan fingerprint density at radius 2 is 1.96 bits per heavy atom. The molecule has 3 rings (SSSR count). The number of fused-ring (bicyclic) bond motifs is 1. The number of pyridine rings is 1. The highest BCUT2D eigenvalue weighted by Crippen LogP contribution is 2.15. The highest BCUT2D eigenvalue weighted by atomic mass is 16.1. The summed E-state index contributed by atoms with van der Waals surface area (Å²) < 4.78 is 1.73. The number of anilines is 2. The number of hydrogen-bond acceptors (Lipinski definition) is 4. The Balaban J connectivity index is 1.85. The first kappa shape index (κ1) is 15.7. The second-order valence-corrected chi connectivity index (χ2v) is 5.91. The summed E-state index contributed by atoms with van der Waals surface area (Å²) in [5.41, 5.74) is 8.39. The molecule has 0 spiro atoms. The van der Waals surface area contributed by atoms with Gasteiger partial charge in [0, 0.05) is 29.6 Å². The lowest BCUT2D eigenvalue weighted by Crippen LogP contribution is -2.12. The maximum atomic E-state index is 12.3. The molecule has 0 atom stereocenters. The van der Waals surface area contributed by atoms with E-state index in [1.54, 1.807) is 53.2 Å². The van der Waals surface area contributed by atoms with Crippen molar-refractivity contribution in [2.75, 3.05) is 11.1 Å². The Morgan fingerprint density at radius 1 is 1.17 bits per heavy atom. The molecule has 0 aliphatic carbocycles. The Morgan fingerprint density at radius 3 is 2.67 bits per heavy atom. The first-order valence-corrected chi connectivity index (χ1v) is 7.64. The minimum absolute atomic E-state index is 0.0101. The topological polar surface area (TPSA) is 89.5 Å². The molecule has 24 heavy (non-hydrogen) atoms. The van der Waals surface area contributed by atoms with Gasteiger partial charge in [0.05, 0.1) is 5.69 Å². The summed E-state index contributed by atoms with van der Waals surface area (Å²) in [5, 5.41) is 2.81. The summed E-state index contributed by atoms with van der Waals surface area (Å²) in [4.78, 5) is 28.6. The van der Waals surface area contributed by atoms with Crippen LogP contribution in [0.2, 0.25) is 0 Å². The van der Waals surface area contributed by atoms with Crippen LogP contribution in [0.15, 0.2) is 48.8 Å². The number of hydrogen-bond donors (Lipinski definition) is 2. The van der Waals surface area contributed by atoms with E-state index in [1.807, 2.05) is 13.8 Å². The van der Waals surface area contributed by atoms with Gasteiger partial charge in [-0.2, -0.15) is 0 Å². The highest BCUT2D eigenvalue weighted by molar-refractivity contribution is 6.04. The zero-order chi connectivity index (χ0) is 17.3. The molecule has 0 aliphatic rings. The van der Waals surface area contributed by atoms with E-state index in [4.69, 9.17) is 5.73 Å². The number of amides is 1. The van der Waals surface area contributed by atoms with Crippen LogP contribution in [0, 0.1) is 5.92 Å².